The molecule has 0 aliphatic carbocycles. The zero-order chi connectivity index (χ0) is 9.40. The Kier molecular flexibility index (Phi) is 6.89. The van der Waals surface area contributed by atoms with E-state index in [4.69, 9.17) is 8.85 Å². The molecule has 5 heteroatoms. The Bertz CT molecular complexity index is 155. The van der Waals surface area contributed by atoms with Crippen LogP contribution in [0.25, 0.3) is 0 Å². The minimum atomic E-state index is -1.46. The van der Waals surface area contributed by atoms with Crippen molar-refractivity contribution in [1.29, 1.82) is 0 Å². The topological polar surface area (TPSA) is 47.9 Å². The Balaban J connectivity index is 3.57. The van der Waals surface area contributed by atoms with Crippen molar-refractivity contribution in [3.63, 3.8) is 0 Å². The summed E-state index contributed by atoms with van der Waals surface area (Å²) in [6.07, 6.45) is 2.36. The lowest BCUT2D eigenvalue weighted by atomic mass is 10.3. The SMILES string of the molecule is CO[SiH](CCC(C)N=C=O)OC. The first-order valence-corrected chi connectivity index (χ1v) is 5.63. The monoisotopic (exact) mass is 189 g/mol. The second kappa shape index (κ2) is 7.18. The highest BCUT2D eigenvalue weighted by molar-refractivity contribution is 6.44. The average Bonchev–Trinajstić information content (AvgIpc) is 2.07. The minimum Gasteiger partial charge on any atom is -0.400 e. The fourth-order valence-corrected chi connectivity index (χ4v) is 2.28. The maximum absolute atomic E-state index is 9.86. The Morgan fingerprint density at radius 2 is 2.08 bits per heavy atom. The zero-order valence-corrected chi connectivity index (χ0v) is 8.90. The predicted molar refractivity (Wildman–Crippen MR) is 48.2 cm³/mol. The number of hydrogen-bond donors (Lipinski definition) is 0. The molecule has 0 N–H and O–H groups in total. The van der Waals surface area contributed by atoms with Crippen molar-refractivity contribution in [3.8, 4) is 0 Å². The number of aliphatic imine (C=N–C) groups is 1. The van der Waals surface area contributed by atoms with Gasteiger partial charge in [0.05, 0.1) is 6.04 Å². The van der Waals surface area contributed by atoms with Crippen LogP contribution in [-0.4, -0.2) is 35.6 Å². The van der Waals surface area contributed by atoms with Crippen molar-refractivity contribution in [2.24, 2.45) is 4.99 Å². The summed E-state index contributed by atoms with van der Waals surface area (Å²) in [7, 11) is 1.83. The van der Waals surface area contributed by atoms with Gasteiger partial charge in [0.2, 0.25) is 6.08 Å². The van der Waals surface area contributed by atoms with Gasteiger partial charge in [0, 0.05) is 14.2 Å². The second-order valence-corrected chi connectivity index (χ2v) is 4.93. The number of nitrogens with zero attached hydrogens (tertiary/aromatic N) is 1. The standard InChI is InChI=1S/C7H15NO3Si/c1-7(8-6-9)4-5-12(10-2)11-3/h7,12H,4-5H2,1-3H3. The Labute approximate surface area is 74.4 Å². The highest BCUT2D eigenvalue weighted by Gasteiger charge is 2.10. The van der Waals surface area contributed by atoms with Crippen LogP contribution in [0.5, 0.6) is 0 Å². The molecule has 1 atom stereocenters. The zero-order valence-electron chi connectivity index (χ0n) is 7.74. The van der Waals surface area contributed by atoms with Gasteiger partial charge in [0.15, 0.2) is 0 Å². The summed E-state index contributed by atoms with van der Waals surface area (Å²) in [6, 6.07) is 0.905. The third-order valence-electron chi connectivity index (χ3n) is 1.62. The molecule has 0 saturated carbocycles. The lowest BCUT2D eigenvalue weighted by Gasteiger charge is -2.11. The maximum Gasteiger partial charge on any atom is 0.320 e. The first kappa shape index (κ1) is 11.5. The van der Waals surface area contributed by atoms with Crippen LogP contribution in [0.3, 0.4) is 0 Å². The average molecular weight is 189 g/mol. The van der Waals surface area contributed by atoms with Crippen molar-refractivity contribution in [2.45, 2.75) is 25.4 Å². The highest BCUT2D eigenvalue weighted by Crippen LogP contribution is 2.05. The second-order valence-electron chi connectivity index (χ2n) is 2.55. The summed E-state index contributed by atoms with van der Waals surface area (Å²) < 4.78 is 10.2. The normalized spacial score (nSPS) is 12.7. The smallest absolute Gasteiger partial charge is 0.320 e. The minimum absolute atomic E-state index is 0.0304. The largest absolute Gasteiger partial charge is 0.400 e. The van der Waals surface area contributed by atoms with Gasteiger partial charge in [0.25, 0.3) is 0 Å². The van der Waals surface area contributed by atoms with Gasteiger partial charge in [-0.1, -0.05) is 0 Å². The fraction of sp³-hybridized carbons (Fsp3) is 0.857. The van der Waals surface area contributed by atoms with Gasteiger partial charge in [-0.05, 0) is 19.4 Å². The van der Waals surface area contributed by atoms with Gasteiger partial charge in [-0.25, -0.2) is 9.79 Å². The lowest BCUT2D eigenvalue weighted by molar-refractivity contribution is 0.275. The van der Waals surface area contributed by atoms with E-state index in [-0.39, 0.29) is 6.04 Å². The van der Waals surface area contributed by atoms with Crippen molar-refractivity contribution < 1.29 is 13.6 Å². The molecule has 0 aliphatic heterocycles. The van der Waals surface area contributed by atoms with Crippen LogP contribution < -0.4 is 0 Å². The maximum atomic E-state index is 9.86. The first-order chi connectivity index (χ1) is 5.74. The molecule has 0 heterocycles. The lowest BCUT2D eigenvalue weighted by Crippen LogP contribution is -2.20. The predicted octanol–water partition coefficient (Wildman–Crippen LogP) is 0.614. The van der Waals surface area contributed by atoms with E-state index in [1.54, 1.807) is 14.2 Å². The number of isocyanates is 1. The molecule has 0 aromatic heterocycles. The molecule has 70 valence electrons. The van der Waals surface area contributed by atoms with Crippen LogP contribution in [0.4, 0.5) is 0 Å². The van der Waals surface area contributed by atoms with E-state index in [2.05, 4.69) is 4.99 Å². The van der Waals surface area contributed by atoms with Crippen molar-refractivity contribution in [3.05, 3.63) is 0 Å². The molecular formula is C7H15NO3Si. The van der Waals surface area contributed by atoms with Crippen LogP contribution >= 0.6 is 0 Å². The molecule has 12 heavy (non-hydrogen) atoms. The molecule has 0 amide bonds. The van der Waals surface area contributed by atoms with E-state index in [0.29, 0.717) is 0 Å². The molecule has 4 nitrogen and oxygen atoms in total. The van der Waals surface area contributed by atoms with Crippen molar-refractivity contribution in [2.75, 3.05) is 14.2 Å². The van der Waals surface area contributed by atoms with E-state index < -0.39 is 9.28 Å². The van der Waals surface area contributed by atoms with E-state index in [0.717, 1.165) is 12.5 Å². The van der Waals surface area contributed by atoms with Crippen LogP contribution in [0.2, 0.25) is 6.04 Å². The Hall–Kier alpha value is -0.483. The molecule has 0 saturated heterocycles. The fourth-order valence-electron chi connectivity index (χ4n) is 0.864. The van der Waals surface area contributed by atoms with Gasteiger partial charge >= 0.3 is 9.28 Å². The van der Waals surface area contributed by atoms with Gasteiger partial charge in [-0.3, -0.25) is 0 Å². The van der Waals surface area contributed by atoms with Crippen LogP contribution in [-0.2, 0) is 13.6 Å². The van der Waals surface area contributed by atoms with Crippen LogP contribution in [0.15, 0.2) is 4.99 Å². The number of carbonyl (C=O) groups excluding carboxylic acids is 1. The summed E-state index contributed by atoms with van der Waals surface area (Å²) in [5, 5.41) is 0. The van der Waals surface area contributed by atoms with E-state index in [1.807, 2.05) is 6.92 Å². The molecule has 0 aromatic rings. The van der Waals surface area contributed by atoms with Crippen molar-refractivity contribution in [1.82, 2.24) is 0 Å². The molecule has 0 bridgehead atoms. The summed E-state index contributed by atoms with van der Waals surface area (Å²) in [6.45, 7) is 1.88. The van der Waals surface area contributed by atoms with E-state index in [9.17, 15) is 4.79 Å². The van der Waals surface area contributed by atoms with Gasteiger partial charge in [-0.15, -0.1) is 0 Å². The molecular weight excluding hydrogens is 174 g/mol. The van der Waals surface area contributed by atoms with E-state index in [1.165, 1.54) is 6.08 Å². The van der Waals surface area contributed by atoms with Gasteiger partial charge in [-0.2, -0.15) is 0 Å². The summed E-state index contributed by atoms with van der Waals surface area (Å²) in [5.41, 5.74) is 0. The molecule has 0 aromatic carbocycles. The third kappa shape index (κ3) is 5.20. The summed E-state index contributed by atoms with van der Waals surface area (Å²) in [5.74, 6) is 0. The third-order valence-corrected chi connectivity index (χ3v) is 3.48. The van der Waals surface area contributed by atoms with Crippen molar-refractivity contribution >= 4 is 15.4 Å². The molecule has 0 aliphatic rings. The van der Waals surface area contributed by atoms with Crippen LogP contribution in [0, 0.1) is 0 Å². The number of rotatable bonds is 6. The molecule has 0 fully saturated rings. The number of hydrogen-bond acceptors (Lipinski definition) is 4. The van der Waals surface area contributed by atoms with Gasteiger partial charge in [0.1, 0.15) is 0 Å². The Morgan fingerprint density at radius 3 is 2.50 bits per heavy atom. The summed E-state index contributed by atoms with van der Waals surface area (Å²) >= 11 is 0. The molecule has 0 radical (unpaired) electrons. The highest BCUT2D eigenvalue weighted by atomic mass is 28.3. The quantitative estimate of drug-likeness (QED) is 0.349. The Morgan fingerprint density at radius 1 is 1.50 bits per heavy atom. The summed E-state index contributed by atoms with van der Waals surface area (Å²) in [4.78, 5) is 13.4. The molecule has 1 unspecified atom stereocenters. The first-order valence-electron chi connectivity index (χ1n) is 3.87. The van der Waals surface area contributed by atoms with Crippen LogP contribution in [0.1, 0.15) is 13.3 Å². The molecule has 0 spiro atoms. The van der Waals surface area contributed by atoms with E-state index >= 15 is 0 Å². The molecule has 0 rings (SSSR count). The van der Waals surface area contributed by atoms with Gasteiger partial charge < -0.3 is 8.85 Å².